The Bertz CT molecular complexity index is 6770. The maximum absolute atomic E-state index is 11.6. The lowest BCUT2D eigenvalue weighted by Gasteiger charge is -2.34. The number of nitro groups is 2. The van der Waals surface area contributed by atoms with E-state index in [1.807, 2.05) is 24.3 Å². The first-order valence-electron chi connectivity index (χ1n) is 45.8. The van der Waals surface area contributed by atoms with Gasteiger partial charge < -0.3 is 9.31 Å². The van der Waals surface area contributed by atoms with E-state index in [0.717, 1.165) is 21.9 Å². The Morgan fingerprint density at radius 1 is 0.248 bits per heavy atom. The van der Waals surface area contributed by atoms with Gasteiger partial charge in [0.1, 0.15) is 0 Å². The fraction of sp³-hybridized carbons (Fsp3) is 0.0656. The molecule has 1 aliphatic carbocycles. The van der Waals surface area contributed by atoms with Gasteiger partial charge in [0.15, 0.2) is 32.3 Å². The maximum Gasteiger partial charge on any atom is 0.494 e. The molecule has 0 aromatic heterocycles. The Labute approximate surface area is 826 Å². The topological polar surface area (TPSA) is 105 Å². The van der Waals surface area contributed by atoms with Crippen LogP contribution < -0.4 is 88.5 Å². The van der Waals surface area contributed by atoms with E-state index in [4.69, 9.17) is 9.31 Å². The Morgan fingerprint density at radius 3 is 0.766 bits per heavy atom. The Hall–Kier alpha value is -14.2. The molecule has 2 aliphatic rings. The smallest absolute Gasteiger partial charge is 0.399 e. The van der Waals surface area contributed by atoms with Crippen LogP contribution in [0.4, 0.5) is 11.4 Å². The molecular weight excluding hydrogens is 1870 g/mol. The lowest BCUT2D eigenvalue weighted by molar-refractivity contribution is -0.385. The first kappa shape index (κ1) is 95.9. The molecule has 0 bridgehead atoms. The fourth-order valence-corrected chi connectivity index (χ4v) is 39.3. The predicted octanol–water partition coefficient (Wildman–Crippen LogP) is 19.5. The minimum absolute atomic E-state index is 0. The summed E-state index contributed by atoms with van der Waals surface area (Å²) in [7, 11) is -10.2. The van der Waals surface area contributed by atoms with Crippen molar-refractivity contribution in [1.82, 2.24) is 0 Å². The molecule has 0 saturated carbocycles. The van der Waals surface area contributed by atoms with Gasteiger partial charge in [-0.3, -0.25) is 20.2 Å². The van der Waals surface area contributed by atoms with Crippen LogP contribution in [0, 0.1) is 20.2 Å². The van der Waals surface area contributed by atoms with Crippen molar-refractivity contribution in [2.45, 2.75) is 52.7 Å². The van der Waals surface area contributed by atoms with Gasteiger partial charge in [-0.05, 0) is 191 Å². The van der Waals surface area contributed by atoms with Gasteiger partial charge in [-0.25, -0.2) is 0 Å². The molecule has 8 nitrogen and oxygen atoms in total. The Kier molecular flexibility index (Phi) is 30.6. The van der Waals surface area contributed by atoms with E-state index in [1.54, 1.807) is 30.3 Å². The predicted molar refractivity (Wildman–Crippen MR) is 592 cm³/mol. The summed E-state index contributed by atoms with van der Waals surface area (Å²) in [5.41, 5.74) is 7.70. The molecule has 0 amide bonds. The van der Waals surface area contributed by atoms with Gasteiger partial charge in [-0.15, -0.1) is 0 Å². The van der Waals surface area contributed by atoms with Crippen molar-refractivity contribution in [1.29, 1.82) is 0 Å². The molecule has 672 valence electrons. The first-order valence-corrected chi connectivity index (χ1v) is 55.4. The molecule has 1 heterocycles. The number of nitrogens with zero attached hydrogens (tertiary/aromatic N) is 2. The zero-order valence-electron chi connectivity index (χ0n) is 76.1. The summed E-state index contributed by atoms with van der Waals surface area (Å²) in [6.45, 7) is 8.39. The summed E-state index contributed by atoms with van der Waals surface area (Å²) in [6, 6.07) is 187. The van der Waals surface area contributed by atoms with Crippen LogP contribution in [0.1, 0.15) is 46.2 Å². The van der Waals surface area contributed by atoms with Gasteiger partial charge in [0.25, 0.3) is 11.4 Å². The van der Waals surface area contributed by atoms with Gasteiger partial charge in [0, 0.05) is 16.6 Å². The second-order valence-electron chi connectivity index (χ2n) is 34.9. The standard InChI is InChI=1S/C31H24Si.C30H31BO2Si.C30H23NO2Si.C24H19BrSi.C6H4BrNO2.CH4/c1-4-13-26(14-5-1)32(27-15-6-2-7-16-27,28-17-8-3-9-18-28)29-20-21-31-25(23-29)22-24-12-10-11-19-30(24)31;1-29(2)30(3,4)33-31(32-29)24-20-22-28(23-21-24)34(25-14-8-5-9-15-25,26-16-10-6-11-17-26)27-18-12-7-13-19-27;32-31(33)30-19-11-10-18-29(30)24-20-22-28(23-21-24)34(25-12-4-1-5-13-25,26-14-6-2-7-15-26)27-16-8-3-9-17-27;25-20-16-18-24(19-17-20)26(21-10-4-1-5-11-21,22-12-6-2-7-13-22)23-14-8-3-9-15-23;7-5-3-1-2-4-6(5)8(9)10;/h1-21,23H,22H2;5-23H,1-4H3;1-23H;1-19H;1-4H;1H4. The normalized spacial score (nSPS) is 12.7. The van der Waals surface area contributed by atoms with Crippen LogP contribution in [0.2, 0.25) is 0 Å². The van der Waals surface area contributed by atoms with Crippen molar-refractivity contribution >= 4 is 171 Å². The van der Waals surface area contributed by atoms with Gasteiger partial charge in [-0.2, -0.15) is 0 Å². The molecule has 0 unspecified atom stereocenters. The molecule has 1 saturated heterocycles. The van der Waals surface area contributed by atoms with Crippen molar-refractivity contribution in [2.75, 3.05) is 0 Å². The van der Waals surface area contributed by atoms with Crippen LogP contribution in [0.25, 0.3) is 22.3 Å². The molecule has 0 atom stereocenters. The molecule has 137 heavy (non-hydrogen) atoms. The number of fused-ring (bicyclic) bond motifs is 3. The number of rotatable bonds is 20. The minimum atomic E-state index is -2.59. The fourth-order valence-electron chi connectivity index (χ4n) is 19.6. The summed E-state index contributed by atoms with van der Waals surface area (Å²) in [6.07, 6.45) is 1.02. The van der Waals surface area contributed by atoms with Crippen LogP contribution in [0.15, 0.2) is 537 Å². The van der Waals surface area contributed by atoms with Gasteiger partial charge in [0.2, 0.25) is 0 Å². The summed E-state index contributed by atoms with van der Waals surface area (Å²) in [5, 5.41) is 43.7. The third-order valence-electron chi connectivity index (χ3n) is 26.6. The second-order valence-corrected chi connectivity index (χ2v) is 51.9. The highest BCUT2D eigenvalue weighted by atomic mass is 79.9. The second kappa shape index (κ2) is 43.6. The molecule has 15 heteroatoms. The van der Waals surface area contributed by atoms with Crippen LogP contribution in [0.5, 0.6) is 0 Å². The Balaban J connectivity index is 0.000000128. The molecular formula is C122H105BBr2N2O6Si4. The van der Waals surface area contributed by atoms with E-state index in [-0.39, 0.29) is 42.0 Å². The van der Waals surface area contributed by atoms with Crippen LogP contribution in [-0.2, 0) is 15.7 Å². The lowest BCUT2D eigenvalue weighted by Crippen LogP contribution is -2.74. The van der Waals surface area contributed by atoms with E-state index in [2.05, 4.69) is 527 Å². The number of nitro benzene ring substituents is 2. The molecule has 0 spiro atoms. The quantitative estimate of drug-likeness (QED) is 0.0326. The van der Waals surface area contributed by atoms with Crippen molar-refractivity contribution < 1.29 is 19.2 Å². The highest BCUT2D eigenvalue weighted by Gasteiger charge is 2.53. The van der Waals surface area contributed by atoms with E-state index >= 15 is 0 Å². The third-order valence-corrected chi connectivity index (χ3v) is 47.0. The van der Waals surface area contributed by atoms with E-state index in [1.165, 1.54) is 111 Å². The van der Waals surface area contributed by atoms with Crippen molar-refractivity contribution in [3.8, 4) is 22.3 Å². The highest BCUT2D eigenvalue weighted by Crippen LogP contribution is 2.38. The number of hydrogen-bond acceptors (Lipinski definition) is 6. The van der Waals surface area contributed by atoms with Gasteiger partial charge in [0.05, 0.1) is 31.1 Å². The van der Waals surface area contributed by atoms with E-state index < -0.39 is 37.2 Å². The zero-order chi connectivity index (χ0) is 94.0. The van der Waals surface area contributed by atoms with Crippen molar-refractivity contribution in [2.24, 2.45) is 0 Å². The zero-order valence-corrected chi connectivity index (χ0v) is 83.3. The molecule has 19 aromatic rings. The van der Waals surface area contributed by atoms with Crippen LogP contribution >= 0.6 is 31.9 Å². The SMILES string of the molecule is Brc1ccc([Si](c2ccccc2)(c2ccccc2)c2ccccc2)cc1.C.CC1(C)OB(c2ccc([Si](c3ccccc3)(c3ccccc3)c3ccccc3)cc2)OC1(C)C.O=[N+]([O-])c1ccccc1-c1ccc([Si](c2ccccc2)(c2ccccc2)c2ccccc2)cc1.O=[N+]([O-])c1ccccc1Br.c1ccc([Si](c2ccccc2)(c2ccccc2)c2ccc3c(c2)Cc2ccccc2-3)cc1. The lowest BCUT2D eigenvalue weighted by atomic mass is 9.79. The molecule has 1 aliphatic heterocycles. The van der Waals surface area contributed by atoms with Crippen molar-refractivity contribution in [3.05, 3.63) is 568 Å². The molecule has 0 radical (unpaired) electrons. The number of benzene rings is 19. The van der Waals surface area contributed by atoms with Gasteiger partial charge in [-0.1, -0.05) is 515 Å². The minimum Gasteiger partial charge on any atom is -0.399 e. The number of hydrogen-bond donors (Lipinski definition) is 0. The summed E-state index contributed by atoms with van der Waals surface area (Å²) in [4.78, 5) is 21.0. The monoisotopic (exact) mass is 1970 g/mol. The summed E-state index contributed by atoms with van der Waals surface area (Å²) in [5.74, 6) is 0. The average molecular weight is 1980 g/mol. The highest BCUT2D eigenvalue weighted by molar-refractivity contribution is 9.10. The summed E-state index contributed by atoms with van der Waals surface area (Å²) >= 11 is 6.65. The number of halogens is 2. The summed E-state index contributed by atoms with van der Waals surface area (Å²) < 4.78 is 14.3. The van der Waals surface area contributed by atoms with Gasteiger partial charge >= 0.3 is 7.12 Å². The third kappa shape index (κ3) is 19.8. The Morgan fingerprint density at radius 2 is 0.474 bits per heavy atom. The molecule has 21 rings (SSSR count). The largest absolute Gasteiger partial charge is 0.494 e. The number of para-hydroxylation sites is 2. The van der Waals surface area contributed by atoms with Crippen LogP contribution in [-0.4, -0.2) is 60.5 Å². The van der Waals surface area contributed by atoms with Crippen molar-refractivity contribution in [3.63, 3.8) is 0 Å². The van der Waals surface area contributed by atoms with Crippen LogP contribution in [0.3, 0.4) is 0 Å². The average Bonchev–Trinajstić information content (AvgIpc) is 1.33. The molecule has 0 N–H and O–H groups in total. The van der Waals surface area contributed by atoms with E-state index in [9.17, 15) is 20.2 Å². The molecule has 19 aromatic carbocycles. The first-order chi connectivity index (χ1) is 66.5. The van der Waals surface area contributed by atoms with E-state index in [0.29, 0.717) is 10.0 Å². The molecule has 1 fully saturated rings. The maximum atomic E-state index is 11.6.